The van der Waals surface area contributed by atoms with Crippen molar-refractivity contribution in [2.75, 3.05) is 18.0 Å². The molecule has 14 heteroatoms. The maximum Gasteiger partial charge on any atom is 0.309 e. The van der Waals surface area contributed by atoms with Crippen molar-refractivity contribution in [1.82, 2.24) is 0 Å². The lowest BCUT2D eigenvalue weighted by atomic mass is 9.81. The van der Waals surface area contributed by atoms with E-state index in [0.29, 0.717) is 33.9 Å². The van der Waals surface area contributed by atoms with Gasteiger partial charge in [-0.05, 0) is 55.8 Å². The molecule has 0 spiro atoms. The summed E-state index contributed by atoms with van der Waals surface area (Å²) in [5.74, 6) is -2.00. The van der Waals surface area contributed by atoms with E-state index in [1.807, 2.05) is 27.7 Å². The van der Waals surface area contributed by atoms with E-state index in [1.54, 1.807) is 52.0 Å². The van der Waals surface area contributed by atoms with Gasteiger partial charge in [-0.25, -0.2) is 0 Å². The van der Waals surface area contributed by atoms with Gasteiger partial charge in [-0.2, -0.15) is 21.4 Å². The third-order valence-corrected chi connectivity index (χ3v) is 9.85. The largest absolute Gasteiger partial charge is 0.481 e. The number of hydrogen-bond acceptors (Lipinski definition) is 7. The van der Waals surface area contributed by atoms with Crippen molar-refractivity contribution in [3.63, 3.8) is 0 Å². The number of fused-ring (bicyclic) bond motifs is 2. The third kappa shape index (κ3) is 6.78. The molecule has 4 N–H and O–H groups in total. The second kappa shape index (κ2) is 12.0. The minimum Gasteiger partial charge on any atom is -0.481 e. The number of benzene rings is 2. The first-order valence-corrected chi connectivity index (χ1v) is 16.8. The predicted molar refractivity (Wildman–Crippen MR) is 167 cm³/mol. The van der Waals surface area contributed by atoms with Gasteiger partial charge in [0.2, 0.25) is 5.69 Å². The van der Waals surface area contributed by atoms with Crippen LogP contribution in [0.3, 0.4) is 0 Å². The molecule has 0 unspecified atom stereocenters. The molecule has 2 aromatic rings. The number of carboxylic acids is 2. The molecule has 0 saturated carbocycles. The van der Waals surface area contributed by atoms with Gasteiger partial charge in [0, 0.05) is 41.1 Å². The summed E-state index contributed by atoms with van der Waals surface area (Å²) in [5.41, 5.74) is 2.40. The Bertz CT molecular complexity index is 1920. The van der Waals surface area contributed by atoms with Gasteiger partial charge in [-0.15, -0.1) is 0 Å². The zero-order valence-electron chi connectivity index (χ0n) is 25.1. The molecular formula is C31H35N2O10S2+. The van der Waals surface area contributed by atoms with Crippen LogP contribution in [0.25, 0.3) is 0 Å². The van der Waals surface area contributed by atoms with Crippen LogP contribution in [0.2, 0.25) is 0 Å². The van der Waals surface area contributed by atoms with E-state index in [2.05, 4.69) is 0 Å². The maximum atomic E-state index is 11.8. The number of hydrogen-bond donors (Lipinski definition) is 4. The zero-order valence-corrected chi connectivity index (χ0v) is 26.8. The highest BCUT2D eigenvalue weighted by Crippen LogP contribution is 2.48. The molecule has 12 nitrogen and oxygen atoms in total. The minimum atomic E-state index is -4.46. The summed E-state index contributed by atoms with van der Waals surface area (Å²) in [5, 5.41) is 18.7. The van der Waals surface area contributed by atoms with Crippen LogP contribution in [0.4, 0.5) is 11.4 Å². The summed E-state index contributed by atoms with van der Waals surface area (Å²) in [7, 11) is -8.91. The Hall–Kier alpha value is -4.11. The molecule has 45 heavy (non-hydrogen) atoms. The number of carboxylic acid groups (broad SMARTS) is 2. The van der Waals surface area contributed by atoms with Crippen molar-refractivity contribution >= 4 is 49.3 Å². The number of carbonyl (C=O) groups is 2. The number of rotatable bonds is 11. The summed E-state index contributed by atoms with van der Waals surface area (Å²) in [6.07, 6.45) is 8.45. The molecule has 2 aliphatic heterocycles. The first-order valence-electron chi connectivity index (χ1n) is 13.9. The molecule has 0 fully saturated rings. The van der Waals surface area contributed by atoms with Crippen molar-refractivity contribution in [3.05, 3.63) is 83.6 Å². The molecule has 0 aliphatic carbocycles. The highest BCUT2D eigenvalue weighted by Gasteiger charge is 2.45. The van der Waals surface area contributed by atoms with Crippen LogP contribution in [0, 0.1) is 0 Å². The van der Waals surface area contributed by atoms with E-state index in [-0.39, 0.29) is 35.7 Å². The number of anilines is 1. The van der Waals surface area contributed by atoms with Gasteiger partial charge in [0.15, 0.2) is 12.3 Å². The molecule has 240 valence electrons. The molecule has 2 aromatic carbocycles. The van der Waals surface area contributed by atoms with E-state index in [0.717, 1.165) is 0 Å². The summed E-state index contributed by atoms with van der Waals surface area (Å²) < 4.78 is 68.2. The van der Waals surface area contributed by atoms with Crippen LogP contribution >= 0.6 is 0 Å². The van der Waals surface area contributed by atoms with Crippen LogP contribution < -0.4 is 4.90 Å². The Balaban J connectivity index is 1.71. The Morgan fingerprint density at radius 3 is 1.96 bits per heavy atom. The van der Waals surface area contributed by atoms with E-state index in [4.69, 9.17) is 0 Å². The average Bonchev–Trinajstić information content (AvgIpc) is 3.27. The van der Waals surface area contributed by atoms with Gasteiger partial charge >= 0.3 is 11.9 Å². The Kier molecular flexibility index (Phi) is 9.01. The summed E-state index contributed by atoms with van der Waals surface area (Å²) in [4.78, 5) is 24.1. The lowest BCUT2D eigenvalue weighted by Gasteiger charge is -2.26. The van der Waals surface area contributed by atoms with Crippen molar-refractivity contribution < 1.29 is 50.3 Å². The van der Waals surface area contributed by atoms with Crippen LogP contribution in [0.5, 0.6) is 0 Å². The fourth-order valence-corrected chi connectivity index (χ4v) is 6.90. The molecule has 4 rings (SSSR count). The van der Waals surface area contributed by atoms with Crippen LogP contribution in [0.1, 0.15) is 51.7 Å². The normalized spacial score (nSPS) is 18.3. The van der Waals surface area contributed by atoms with Crippen LogP contribution in [0.15, 0.2) is 82.3 Å². The second-order valence-electron chi connectivity index (χ2n) is 11.8. The molecule has 2 heterocycles. The Morgan fingerprint density at radius 1 is 0.800 bits per heavy atom. The second-order valence-corrected chi connectivity index (χ2v) is 14.7. The highest BCUT2D eigenvalue weighted by molar-refractivity contribution is 7.86. The molecule has 0 saturated heterocycles. The van der Waals surface area contributed by atoms with Gasteiger partial charge in [-0.1, -0.05) is 32.1 Å². The predicted octanol–water partition coefficient (Wildman–Crippen LogP) is 4.30. The number of nitrogens with zero attached hydrogens (tertiary/aromatic N) is 2. The first-order chi connectivity index (χ1) is 20.8. The lowest BCUT2D eigenvalue weighted by Crippen LogP contribution is -2.28. The van der Waals surface area contributed by atoms with Gasteiger partial charge in [0.25, 0.3) is 20.2 Å². The minimum absolute atomic E-state index is 0.126. The van der Waals surface area contributed by atoms with Crippen LogP contribution in [-0.2, 0) is 40.7 Å². The highest BCUT2D eigenvalue weighted by atomic mass is 32.2. The monoisotopic (exact) mass is 659 g/mol. The molecule has 0 radical (unpaired) electrons. The lowest BCUT2D eigenvalue weighted by molar-refractivity contribution is -0.436. The first kappa shape index (κ1) is 33.8. The van der Waals surface area contributed by atoms with Crippen molar-refractivity contribution in [3.8, 4) is 0 Å². The standard InChI is InChI=1S/C31H34N2O10S2/c1-30(2)22-18-20(44(38,39)40)10-12-24(22)32(16-14-28(34)35)26(30)8-6-5-7-9-27-31(3,4)23-19-21(45(41,42)43)11-13-25(23)33(27)17-15-29(36)37/h5-13,18-19H,14-17H2,1-4H3,(H3-,34,35,36,37,38,39,40,41,42,43)/p+1. The summed E-state index contributed by atoms with van der Waals surface area (Å²) in [6.45, 7) is 7.72. The molecule has 0 bridgehead atoms. The van der Waals surface area contributed by atoms with Crippen molar-refractivity contribution in [2.45, 2.75) is 61.2 Å². The van der Waals surface area contributed by atoms with Gasteiger partial charge in [0.1, 0.15) is 6.42 Å². The molecule has 0 atom stereocenters. The summed E-state index contributed by atoms with van der Waals surface area (Å²) >= 11 is 0. The van der Waals surface area contributed by atoms with E-state index >= 15 is 0 Å². The zero-order chi connectivity index (χ0) is 33.5. The van der Waals surface area contributed by atoms with E-state index in [9.17, 15) is 45.7 Å². The smallest absolute Gasteiger partial charge is 0.309 e. The molecular weight excluding hydrogens is 624 g/mol. The third-order valence-electron chi connectivity index (χ3n) is 8.15. The van der Waals surface area contributed by atoms with E-state index in [1.165, 1.54) is 24.3 Å². The maximum absolute atomic E-state index is 11.8. The van der Waals surface area contributed by atoms with Crippen molar-refractivity contribution in [1.29, 1.82) is 0 Å². The van der Waals surface area contributed by atoms with Crippen molar-refractivity contribution in [2.24, 2.45) is 0 Å². The van der Waals surface area contributed by atoms with Crippen LogP contribution in [-0.4, -0.2) is 71.5 Å². The molecule has 0 aromatic heterocycles. The van der Waals surface area contributed by atoms with E-state index < -0.39 is 43.0 Å². The number of allylic oxidation sites excluding steroid dienone is 6. The molecule has 2 aliphatic rings. The fraction of sp³-hybridized carbons (Fsp3) is 0.323. The number of aliphatic carboxylic acids is 2. The fourth-order valence-electron chi connectivity index (χ4n) is 5.88. The average molecular weight is 660 g/mol. The van der Waals surface area contributed by atoms with Gasteiger partial charge in [0.05, 0.1) is 21.6 Å². The van der Waals surface area contributed by atoms with Gasteiger partial charge in [-0.3, -0.25) is 18.7 Å². The Labute approximate surface area is 261 Å². The SMILES string of the molecule is CC1(C)C(/C=C/C=C/C=C2/N(CCC(=O)O)c3ccc(S(=O)(=O)O)cc3C2(C)C)=[N+](CCC(=O)O)c2ccc(S(=O)(=O)O)cc21. The Morgan fingerprint density at radius 2 is 1.38 bits per heavy atom. The topological polar surface area (TPSA) is 190 Å². The molecule has 0 amide bonds. The summed E-state index contributed by atoms with van der Waals surface area (Å²) in [6, 6.07) is 8.40. The van der Waals surface area contributed by atoms with Gasteiger partial charge < -0.3 is 15.1 Å². The quantitative estimate of drug-likeness (QED) is 0.153.